The van der Waals surface area contributed by atoms with Gasteiger partial charge >= 0.3 is 5.97 Å². The second kappa shape index (κ2) is 10.7. The molecule has 4 rings (SSSR count). The molecule has 2 aromatic carbocycles. The van der Waals surface area contributed by atoms with E-state index in [4.69, 9.17) is 4.74 Å². The Morgan fingerprint density at radius 2 is 1.66 bits per heavy atom. The van der Waals surface area contributed by atoms with E-state index in [0.29, 0.717) is 43.5 Å². The van der Waals surface area contributed by atoms with Crippen molar-refractivity contribution in [1.82, 2.24) is 4.90 Å². The topological polar surface area (TPSA) is 96.2 Å². The van der Waals surface area contributed by atoms with Crippen molar-refractivity contribution in [3.8, 4) is 0 Å². The summed E-state index contributed by atoms with van der Waals surface area (Å²) in [5.74, 6) is -0.848. The lowest BCUT2D eigenvalue weighted by Gasteiger charge is -2.36. The zero-order valence-corrected chi connectivity index (χ0v) is 19.7. The van der Waals surface area contributed by atoms with Gasteiger partial charge in [0.1, 0.15) is 5.82 Å². The molecule has 9 nitrogen and oxygen atoms in total. The minimum Gasteiger partial charge on any atom is -0.452 e. The molecule has 2 saturated heterocycles. The Kier molecular flexibility index (Phi) is 7.48. The first-order valence-electron chi connectivity index (χ1n) is 11.8. The van der Waals surface area contributed by atoms with E-state index < -0.39 is 17.5 Å². The summed E-state index contributed by atoms with van der Waals surface area (Å²) < 4.78 is 19.3. The Morgan fingerprint density at radius 1 is 1.00 bits per heavy atom. The summed E-state index contributed by atoms with van der Waals surface area (Å²) in [4.78, 5) is 41.8. The molecule has 0 radical (unpaired) electrons. The van der Waals surface area contributed by atoms with E-state index in [9.17, 15) is 24.1 Å². The highest BCUT2D eigenvalue weighted by atomic mass is 19.1. The number of anilines is 2. The number of non-ortho nitro benzene ring substituents is 1. The molecule has 2 aliphatic heterocycles. The second-order valence-corrected chi connectivity index (χ2v) is 9.02. The fraction of sp³-hybridized carbons (Fsp3) is 0.440. The highest BCUT2D eigenvalue weighted by molar-refractivity contribution is 5.97. The Balaban J connectivity index is 1.38. The molecule has 0 N–H and O–H groups in total. The van der Waals surface area contributed by atoms with Crippen LogP contribution in [0.2, 0.25) is 0 Å². The monoisotopic (exact) mass is 484 g/mol. The number of carbonyl (C=O) groups is 2. The normalized spacial score (nSPS) is 16.8. The number of piperidine rings is 1. The number of ether oxygens (including phenoxy) is 1. The largest absolute Gasteiger partial charge is 0.452 e. The lowest BCUT2D eigenvalue weighted by molar-refractivity contribution is -0.384. The number of amides is 1. The van der Waals surface area contributed by atoms with E-state index in [1.165, 1.54) is 18.2 Å². The Morgan fingerprint density at radius 3 is 2.31 bits per heavy atom. The number of para-hydroxylation sites is 1. The van der Waals surface area contributed by atoms with Gasteiger partial charge in [-0.05, 0) is 37.0 Å². The smallest absolute Gasteiger partial charge is 0.341 e. The quantitative estimate of drug-likeness (QED) is 0.352. The van der Waals surface area contributed by atoms with E-state index in [2.05, 4.69) is 6.92 Å². The number of hydrogen-bond acceptors (Lipinski definition) is 7. The van der Waals surface area contributed by atoms with Crippen LogP contribution in [-0.2, 0) is 9.53 Å². The summed E-state index contributed by atoms with van der Waals surface area (Å²) >= 11 is 0. The number of carbonyl (C=O) groups excluding carboxylic acids is 2. The molecule has 2 aromatic rings. The lowest BCUT2D eigenvalue weighted by Crippen LogP contribution is -2.50. The number of benzene rings is 2. The molecule has 0 aromatic heterocycles. The molecule has 186 valence electrons. The van der Waals surface area contributed by atoms with Gasteiger partial charge in [0.2, 0.25) is 0 Å². The van der Waals surface area contributed by atoms with E-state index in [1.54, 1.807) is 29.2 Å². The van der Waals surface area contributed by atoms with Crippen LogP contribution in [0.15, 0.2) is 42.5 Å². The number of halogens is 1. The number of esters is 1. The van der Waals surface area contributed by atoms with E-state index >= 15 is 0 Å². The number of nitro groups is 1. The van der Waals surface area contributed by atoms with Gasteiger partial charge in [-0.1, -0.05) is 19.1 Å². The SMILES string of the molecule is CC1CCN(c2ccc([N+](=O)[O-])cc2C(=O)OCC(=O)N2CCN(c3ccccc3F)CC2)CC1. The van der Waals surface area contributed by atoms with Crippen LogP contribution in [0, 0.1) is 21.8 Å². The molecule has 0 unspecified atom stereocenters. The van der Waals surface area contributed by atoms with Crippen molar-refractivity contribution in [3.63, 3.8) is 0 Å². The van der Waals surface area contributed by atoms with Crippen molar-refractivity contribution < 1.29 is 23.6 Å². The number of nitrogens with zero attached hydrogens (tertiary/aromatic N) is 4. The number of nitro benzene ring substituents is 1. The molecule has 0 aliphatic carbocycles. The van der Waals surface area contributed by atoms with Crippen molar-refractivity contribution in [3.05, 3.63) is 64.0 Å². The van der Waals surface area contributed by atoms with Crippen molar-refractivity contribution in [2.45, 2.75) is 19.8 Å². The van der Waals surface area contributed by atoms with Gasteiger partial charge in [-0.3, -0.25) is 14.9 Å². The maximum atomic E-state index is 14.0. The molecule has 0 atom stereocenters. The average Bonchev–Trinajstić information content (AvgIpc) is 2.87. The van der Waals surface area contributed by atoms with Crippen molar-refractivity contribution in [2.24, 2.45) is 5.92 Å². The first-order valence-corrected chi connectivity index (χ1v) is 11.8. The first kappa shape index (κ1) is 24.4. The third-order valence-electron chi connectivity index (χ3n) is 6.69. The molecule has 0 bridgehead atoms. The van der Waals surface area contributed by atoms with Gasteiger partial charge in [0.15, 0.2) is 6.61 Å². The van der Waals surface area contributed by atoms with Crippen LogP contribution in [-0.4, -0.2) is 67.6 Å². The number of hydrogen-bond donors (Lipinski definition) is 0. The van der Waals surface area contributed by atoms with Crippen LogP contribution in [0.3, 0.4) is 0 Å². The standard InChI is InChI=1S/C25H29FN4O5/c1-18-8-10-27(11-9-18)22-7-6-19(30(33)34)16-20(22)25(32)35-17-24(31)29-14-12-28(13-15-29)23-5-3-2-4-21(23)26/h2-7,16,18H,8-15,17H2,1H3. The summed E-state index contributed by atoms with van der Waals surface area (Å²) in [6.07, 6.45) is 1.92. The third-order valence-corrected chi connectivity index (χ3v) is 6.69. The van der Waals surface area contributed by atoms with Crippen molar-refractivity contribution >= 4 is 28.9 Å². The predicted octanol–water partition coefficient (Wildman–Crippen LogP) is 3.48. The average molecular weight is 485 g/mol. The Hall–Kier alpha value is -3.69. The number of rotatable bonds is 6. The van der Waals surface area contributed by atoms with Gasteiger partial charge in [0.05, 0.1) is 21.9 Å². The van der Waals surface area contributed by atoms with Gasteiger partial charge in [-0.2, -0.15) is 0 Å². The first-order chi connectivity index (χ1) is 16.8. The summed E-state index contributed by atoms with van der Waals surface area (Å²) in [6.45, 7) is 4.86. The molecule has 10 heteroatoms. The zero-order valence-electron chi connectivity index (χ0n) is 19.7. The second-order valence-electron chi connectivity index (χ2n) is 9.02. The zero-order chi connectivity index (χ0) is 24.9. The van der Waals surface area contributed by atoms with Crippen LogP contribution in [0.25, 0.3) is 0 Å². The van der Waals surface area contributed by atoms with Gasteiger partial charge in [-0.15, -0.1) is 0 Å². The van der Waals surface area contributed by atoms with Crippen molar-refractivity contribution in [1.29, 1.82) is 0 Å². The maximum absolute atomic E-state index is 14.0. The van der Waals surface area contributed by atoms with Crippen LogP contribution >= 0.6 is 0 Å². The molecular formula is C25H29FN4O5. The fourth-order valence-corrected chi connectivity index (χ4v) is 4.53. The summed E-state index contributed by atoms with van der Waals surface area (Å²) in [7, 11) is 0. The van der Waals surface area contributed by atoms with E-state index in [1.807, 2.05) is 9.80 Å². The predicted molar refractivity (Wildman–Crippen MR) is 129 cm³/mol. The van der Waals surface area contributed by atoms with Crippen LogP contribution in [0.4, 0.5) is 21.5 Å². The molecule has 1 amide bonds. The van der Waals surface area contributed by atoms with Crippen LogP contribution in [0.5, 0.6) is 0 Å². The fourth-order valence-electron chi connectivity index (χ4n) is 4.53. The summed E-state index contributed by atoms with van der Waals surface area (Å²) in [5, 5.41) is 11.3. The maximum Gasteiger partial charge on any atom is 0.341 e. The van der Waals surface area contributed by atoms with Crippen LogP contribution < -0.4 is 9.80 Å². The minimum absolute atomic E-state index is 0.0888. The van der Waals surface area contributed by atoms with Crippen molar-refractivity contribution in [2.75, 3.05) is 55.7 Å². The van der Waals surface area contributed by atoms with Gasteiger partial charge in [-0.25, -0.2) is 9.18 Å². The summed E-state index contributed by atoms with van der Waals surface area (Å²) in [6, 6.07) is 10.7. The van der Waals surface area contributed by atoms with Gasteiger partial charge < -0.3 is 19.4 Å². The lowest BCUT2D eigenvalue weighted by atomic mass is 9.98. The molecule has 0 saturated carbocycles. The summed E-state index contributed by atoms with van der Waals surface area (Å²) in [5.41, 5.74) is 0.961. The highest BCUT2D eigenvalue weighted by Crippen LogP contribution is 2.30. The van der Waals surface area contributed by atoms with E-state index in [0.717, 1.165) is 25.9 Å². The Labute approximate surface area is 203 Å². The third kappa shape index (κ3) is 5.70. The molecular weight excluding hydrogens is 455 g/mol. The molecule has 0 spiro atoms. The molecule has 2 heterocycles. The van der Waals surface area contributed by atoms with Crippen LogP contribution in [0.1, 0.15) is 30.1 Å². The minimum atomic E-state index is -0.763. The molecule has 2 fully saturated rings. The van der Waals surface area contributed by atoms with E-state index in [-0.39, 0.29) is 23.0 Å². The molecule has 35 heavy (non-hydrogen) atoms. The Bertz CT molecular complexity index is 1100. The molecule has 2 aliphatic rings. The number of piperazine rings is 1. The van der Waals surface area contributed by atoms with Gasteiger partial charge in [0.25, 0.3) is 11.6 Å². The van der Waals surface area contributed by atoms with Gasteiger partial charge in [0, 0.05) is 51.4 Å². The highest BCUT2D eigenvalue weighted by Gasteiger charge is 2.27.